The van der Waals surface area contributed by atoms with Crippen LogP contribution in [0.4, 0.5) is 0 Å². The zero-order chi connectivity index (χ0) is 17.0. The molecule has 0 aromatic carbocycles. The van der Waals surface area contributed by atoms with Crippen LogP contribution in [0.3, 0.4) is 0 Å². The van der Waals surface area contributed by atoms with Crippen LogP contribution < -0.4 is 0 Å². The lowest BCUT2D eigenvalue weighted by Crippen LogP contribution is -1.95. The van der Waals surface area contributed by atoms with Gasteiger partial charge in [-0.3, -0.25) is 0 Å². The molecular formula is C20H26O2. The maximum absolute atomic E-state index is 10.8. The molecule has 0 fully saturated rings. The summed E-state index contributed by atoms with van der Waals surface area (Å²) in [5.74, 6) is -0.888. The Morgan fingerprint density at radius 3 is 1.91 bits per heavy atom. The molecule has 22 heavy (non-hydrogen) atoms. The van der Waals surface area contributed by atoms with Gasteiger partial charge in [0.25, 0.3) is 0 Å². The fourth-order valence-corrected chi connectivity index (χ4v) is 1.64. The average molecular weight is 298 g/mol. The van der Waals surface area contributed by atoms with Crippen molar-refractivity contribution < 1.29 is 9.90 Å². The Bertz CT molecular complexity index is 577. The number of carbonyl (C=O) groups is 1. The van der Waals surface area contributed by atoms with E-state index >= 15 is 0 Å². The summed E-state index contributed by atoms with van der Waals surface area (Å²) >= 11 is 0. The summed E-state index contributed by atoms with van der Waals surface area (Å²) in [6, 6.07) is 0. The highest BCUT2D eigenvalue weighted by molar-refractivity contribution is 5.86. The van der Waals surface area contributed by atoms with Crippen LogP contribution in [-0.2, 0) is 4.79 Å². The Balaban J connectivity index is 4.74. The van der Waals surface area contributed by atoms with E-state index < -0.39 is 5.97 Å². The Morgan fingerprint density at radius 2 is 1.36 bits per heavy atom. The van der Waals surface area contributed by atoms with Crippen molar-refractivity contribution in [3.05, 3.63) is 83.1 Å². The molecule has 0 aromatic heterocycles. The molecule has 0 aliphatic heterocycles. The lowest BCUT2D eigenvalue weighted by molar-refractivity contribution is -0.132. The second-order valence-electron chi connectivity index (χ2n) is 5.11. The Hall–Kier alpha value is -2.35. The topological polar surface area (TPSA) is 37.3 Å². The van der Waals surface area contributed by atoms with Crippen molar-refractivity contribution in [2.45, 2.75) is 34.6 Å². The minimum atomic E-state index is -0.888. The van der Waals surface area contributed by atoms with Crippen LogP contribution in [0, 0.1) is 0 Å². The van der Waals surface area contributed by atoms with Crippen molar-refractivity contribution >= 4 is 5.97 Å². The van der Waals surface area contributed by atoms with Crippen molar-refractivity contribution in [1.29, 1.82) is 0 Å². The number of hydrogen-bond donors (Lipinski definition) is 1. The van der Waals surface area contributed by atoms with Gasteiger partial charge in [-0.25, -0.2) is 4.79 Å². The van der Waals surface area contributed by atoms with E-state index in [1.54, 1.807) is 13.0 Å². The summed E-state index contributed by atoms with van der Waals surface area (Å²) in [6.45, 7) is 9.50. The molecule has 0 bridgehead atoms. The van der Waals surface area contributed by atoms with E-state index in [9.17, 15) is 4.79 Å². The lowest BCUT2D eigenvalue weighted by atomic mass is 10.1. The van der Waals surface area contributed by atoms with Gasteiger partial charge in [-0.15, -0.1) is 0 Å². The molecule has 0 saturated heterocycles. The zero-order valence-corrected chi connectivity index (χ0v) is 14.1. The van der Waals surface area contributed by atoms with Crippen LogP contribution in [0.1, 0.15) is 34.6 Å². The van der Waals surface area contributed by atoms with E-state index in [1.165, 1.54) is 5.57 Å². The summed E-state index contributed by atoms with van der Waals surface area (Å²) in [7, 11) is 0. The molecule has 1 N–H and O–H groups in total. The number of allylic oxidation sites excluding steroid dienone is 13. The molecule has 0 atom stereocenters. The largest absolute Gasteiger partial charge is 0.478 e. The van der Waals surface area contributed by atoms with Gasteiger partial charge in [0.1, 0.15) is 0 Å². The van der Waals surface area contributed by atoms with E-state index in [2.05, 4.69) is 0 Å². The molecule has 0 saturated carbocycles. The van der Waals surface area contributed by atoms with E-state index in [0.717, 1.165) is 11.1 Å². The smallest absolute Gasteiger partial charge is 0.331 e. The van der Waals surface area contributed by atoms with Gasteiger partial charge in [-0.2, -0.15) is 0 Å². The maximum Gasteiger partial charge on any atom is 0.331 e. The molecule has 2 nitrogen and oxygen atoms in total. The second kappa shape index (κ2) is 11.3. The quantitative estimate of drug-likeness (QED) is 0.494. The highest BCUT2D eigenvalue weighted by Gasteiger charge is 1.98. The van der Waals surface area contributed by atoms with Gasteiger partial charge in [-0.1, -0.05) is 71.4 Å². The fourth-order valence-electron chi connectivity index (χ4n) is 1.64. The van der Waals surface area contributed by atoms with Crippen molar-refractivity contribution in [2.75, 3.05) is 0 Å². The first-order valence-corrected chi connectivity index (χ1v) is 7.28. The van der Waals surface area contributed by atoms with E-state index in [4.69, 9.17) is 5.11 Å². The maximum atomic E-state index is 10.8. The molecule has 0 aromatic rings. The van der Waals surface area contributed by atoms with Crippen LogP contribution in [0.2, 0.25) is 0 Å². The molecule has 2 heteroatoms. The van der Waals surface area contributed by atoms with Crippen LogP contribution >= 0.6 is 0 Å². The van der Waals surface area contributed by atoms with Crippen LogP contribution in [0.5, 0.6) is 0 Å². The van der Waals surface area contributed by atoms with Crippen LogP contribution in [0.15, 0.2) is 83.1 Å². The Labute approximate surface area is 134 Å². The number of aliphatic carboxylic acids is 1. The van der Waals surface area contributed by atoms with E-state index in [0.29, 0.717) is 5.57 Å². The summed E-state index contributed by atoms with van der Waals surface area (Å²) in [6.07, 6.45) is 19.6. The minimum absolute atomic E-state index is 0.337. The van der Waals surface area contributed by atoms with Gasteiger partial charge >= 0.3 is 5.97 Å². The molecule has 0 radical (unpaired) electrons. The summed E-state index contributed by atoms with van der Waals surface area (Å²) in [5, 5.41) is 8.83. The fraction of sp³-hybridized carbons (Fsp3) is 0.250. The number of carboxylic acid groups (broad SMARTS) is 1. The summed E-state index contributed by atoms with van der Waals surface area (Å²) in [5.41, 5.74) is 3.50. The highest BCUT2D eigenvalue weighted by Crippen LogP contribution is 2.07. The van der Waals surface area contributed by atoms with Gasteiger partial charge in [-0.05, 0) is 40.7 Å². The van der Waals surface area contributed by atoms with Crippen LogP contribution in [-0.4, -0.2) is 11.1 Å². The molecule has 0 unspecified atom stereocenters. The standard InChI is InChI=1S/C20H26O2/c1-6-7-8-11-16(2)12-9-10-13-17(3)14-18(4)15-19(5)20(21)22/h6-15H,1-5H3,(H,21,22)/b7-6-,10-9+,11-8+,16-12+,17-13+,18-14+,19-15+. The molecule has 118 valence electrons. The first kappa shape index (κ1) is 19.7. The second-order valence-corrected chi connectivity index (χ2v) is 5.11. The number of hydrogen-bond acceptors (Lipinski definition) is 1. The van der Waals surface area contributed by atoms with Crippen molar-refractivity contribution in [3.63, 3.8) is 0 Å². The zero-order valence-electron chi connectivity index (χ0n) is 14.1. The SMILES string of the molecule is C\C=C/C=C/C(C)=C/C=C/C=C(C)/C=C(C)/C=C(\C)C(=O)O. The predicted molar refractivity (Wildman–Crippen MR) is 95.8 cm³/mol. The predicted octanol–water partition coefficient (Wildman–Crippen LogP) is 5.54. The highest BCUT2D eigenvalue weighted by atomic mass is 16.4. The minimum Gasteiger partial charge on any atom is -0.478 e. The van der Waals surface area contributed by atoms with E-state index in [1.807, 2.05) is 82.4 Å². The first-order valence-electron chi connectivity index (χ1n) is 7.28. The Kier molecular flexibility index (Phi) is 10.1. The molecule has 0 heterocycles. The van der Waals surface area contributed by atoms with Gasteiger partial charge < -0.3 is 5.11 Å². The number of rotatable bonds is 7. The third-order valence-electron chi connectivity index (χ3n) is 2.73. The van der Waals surface area contributed by atoms with Gasteiger partial charge in [0.15, 0.2) is 0 Å². The molecule has 0 amide bonds. The van der Waals surface area contributed by atoms with E-state index in [-0.39, 0.29) is 0 Å². The monoisotopic (exact) mass is 298 g/mol. The van der Waals surface area contributed by atoms with Gasteiger partial charge in [0.2, 0.25) is 0 Å². The summed E-state index contributed by atoms with van der Waals surface area (Å²) < 4.78 is 0. The molecule has 0 aliphatic carbocycles. The summed E-state index contributed by atoms with van der Waals surface area (Å²) in [4.78, 5) is 10.8. The van der Waals surface area contributed by atoms with Crippen molar-refractivity contribution in [3.8, 4) is 0 Å². The lowest BCUT2D eigenvalue weighted by Gasteiger charge is -1.96. The molecular weight excluding hydrogens is 272 g/mol. The molecule has 0 rings (SSSR count). The molecule has 0 spiro atoms. The number of carboxylic acids is 1. The first-order chi connectivity index (χ1) is 10.4. The van der Waals surface area contributed by atoms with Crippen LogP contribution in [0.25, 0.3) is 0 Å². The normalized spacial score (nSPS) is 15.5. The third kappa shape index (κ3) is 10.4. The van der Waals surface area contributed by atoms with Gasteiger partial charge in [0.05, 0.1) is 0 Å². The molecule has 0 aliphatic rings. The third-order valence-corrected chi connectivity index (χ3v) is 2.73. The average Bonchev–Trinajstić information content (AvgIpc) is 2.43. The van der Waals surface area contributed by atoms with Gasteiger partial charge in [0, 0.05) is 5.57 Å². The Morgan fingerprint density at radius 1 is 0.773 bits per heavy atom. The van der Waals surface area contributed by atoms with Crippen molar-refractivity contribution in [1.82, 2.24) is 0 Å². The van der Waals surface area contributed by atoms with Crippen molar-refractivity contribution in [2.24, 2.45) is 0 Å².